The van der Waals surface area contributed by atoms with Gasteiger partial charge in [-0.05, 0) is 43.3 Å². The van der Waals surface area contributed by atoms with Gasteiger partial charge < -0.3 is 4.74 Å². The van der Waals surface area contributed by atoms with Crippen molar-refractivity contribution < 1.29 is 13.9 Å². The van der Waals surface area contributed by atoms with Gasteiger partial charge in [0.2, 0.25) is 0 Å². The van der Waals surface area contributed by atoms with E-state index >= 15 is 0 Å². The number of rotatable bonds is 3. The zero-order chi connectivity index (χ0) is 13.0. The van der Waals surface area contributed by atoms with Gasteiger partial charge in [-0.15, -0.1) is 0 Å². The molecular formula is C14H12FNO2. The second-order valence-corrected chi connectivity index (χ2v) is 3.66. The fraction of sp³-hybridized carbons (Fsp3) is 0.143. The van der Waals surface area contributed by atoms with Gasteiger partial charge in [0, 0.05) is 11.8 Å². The third-order valence-electron chi connectivity index (χ3n) is 2.41. The molecule has 1 aromatic carbocycles. The zero-order valence-electron chi connectivity index (χ0n) is 9.89. The lowest BCUT2D eigenvalue weighted by atomic mass is 10.1. The molecule has 18 heavy (non-hydrogen) atoms. The normalized spacial score (nSPS) is 10.1. The molecule has 1 aromatic heterocycles. The molecule has 0 atom stereocenters. The number of nitrogens with zero attached hydrogens (tertiary/aromatic N) is 1. The minimum Gasteiger partial charge on any atom is -0.462 e. The maximum Gasteiger partial charge on any atom is 0.338 e. The summed E-state index contributed by atoms with van der Waals surface area (Å²) < 4.78 is 17.7. The van der Waals surface area contributed by atoms with Crippen molar-refractivity contribution in [1.29, 1.82) is 0 Å². The Kier molecular flexibility index (Phi) is 3.67. The molecule has 4 heteroatoms. The number of halogens is 1. The summed E-state index contributed by atoms with van der Waals surface area (Å²) >= 11 is 0. The van der Waals surface area contributed by atoms with Gasteiger partial charge in [0.05, 0.1) is 17.9 Å². The van der Waals surface area contributed by atoms with Gasteiger partial charge in [0.15, 0.2) is 0 Å². The highest BCUT2D eigenvalue weighted by atomic mass is 19.1. The van der Waals surface area contributed by atoms with E-state index in [4.69, 9.17) is 4.74 Å². The highest BCUT2D eigenvalue weighted by Gasteiger charge is 2.08. The van der Waals surface area contributed by atoms with Crippen LogP contribution in [0.25, 0.3) is 11.3 Å². The van der Waals surface area contributed by atoms with E-state index in [-0.39, 0.29) is 11.8 Å². The number of aromatic nitrogens is 1. The first-order valence-corrected chi connectivity index (χ1v) is 5.60. The van der Waals surface area contributed by atoms with Crippen LogP contribution in [0.15, 0.2) is 42.6 Å². The fourth-order valence-electron chi connectivity index (χ4n) is 1.55. The average molecular weight is 245 g/mol. The standard InChI is InChI=1S/C14H12FNO2/c1-2-18-14(17)11-7-8-16-13(9-11)10-3-5-12(15)6-4-10/h3-9H,2H2,1H3. The van der Waals surface area contributed by atoms with Crippen LogP contribution < -0.4 is 0 Å². The molecule has 0 spiro atoms. The fourth-order valence-corrected chi connectivity index (χ4v) is 1.55. The Morgan fingerprint density at radius 1 is 1.28 bits per heavy atom. The van der Waals surface area contributed by atoms with E-state index in [0.717, 1.165) is 5.56 Å². The number of hydrogen-bond donors (Lipinski definition) is 0. The minimum absolute atomic E-state index is 0.305. The Bertz CT molecular complexity index is 552. The number of benzene rings is 1. The molecule has 0 fully saturated rings. The van der Waals surface area contributed by atoms with Crippen LogP contribution in [-0.4, -0.2) is 17.6 Å². The van der Waals surface area contributed by atoms with Crippen LogP contribution in [0.5, 0.6) is 0 Å². The zero-order valence-corrected chi connectivity index (χ0v) is 9.89. The van der Waals surface area contributed by atoms with E-state index in [1.54, 1.807) is 31.2 Å². The summed E-state index contributed by atoms with van der Waals surface area (Å²) in [5.41, 5.74) is 1.80. The Labute approximate surface area is 104 Å². The molecule has 1 heterocycles. The maximum absolute atomic E-state index is 12.8. The number of carbonyl (C=O) groups is 1. The molecule has 2 aromatic rings. The lowest BCUT2D eigenvalue weighted by Gasteiger charge is -2.04. The Balaban J connectivity index is 2.32. The summed E-state index contributed by atoms with van der Waals surface area (Å²) in [4.78, 5) is 15.7. The van der Waals surface area contributed by atoms with Gasteiger partial charge >= 0.3 is 5.97 Å². The summed E-state index contributed by atoms with van der Waals surface area (Å²) in [5, 5.41) is 0. The van der Waals surface area contributed by atoms with E-state index in [9.17, 15) is 9.18 Å². The van der Waals surface area contributed by atoms with Crippen LogP contribution in [-0.2, 0) is 4.74 Å². The van der Waals surface area contributed by atoms with Crippen LogP contribution in [0.4, 0.5) is 4.39 Å². The van der Waals surface area contributed by atoms with E-state index in [1.807, 2.05) is 0 Å². The molecule has 0 bridgehead atoms. The summed E-state index contributed by atoms with van der Waals surface area (Å²) in [6, 6.07) is 9.16. The third-order valence-corrected chi connectivity index (χ3v) is 2.41. The predicted octanol–water partition coefficient (Wildman–Crippen LogP) is 3.06. The van der Waals surface area contributed by atoms with Crippen molar-refractivity contribution in [3.63, 3.8) is 0 Å². The van der Waals surface area contributed by atoms with Crippen molar-refractivity contribution in [2.45, 2.75) is 6.92 Å². The van der Waals surface area contributed by atoms with Gasteiger partial charge in [-0.2, -0.15) is 0 Å². The molecule has 0 saturated carbocycles. The van der Waals surface area contributed by atoms with Crippen molar-refractivity contribution in [3.8, 4) is 11.3 Å². The molecule has 92 valence electrons. The summed E-state index contributed by atoms with van der Waals surface area (Å²) in [7, 11) is 0. The van der Waals surface area contributed by atoms with Crippen LogP contribution in [0.3, 0.4) is 0 Å². The first-order chi connectivity index (χ1) is 8.70. The van der Waals surface area contributed by atoms with Crippen molar-refractivity contribution in [2.75, 3.05) is 6.61 Å². The molecule has 0 saturated heterocycles. The van der Waals surface area contributed by atoms with Crippen molar-refractivity contribution in [3.05, 3.63) is 54.0 Å². The molecule has 0 aliphatic rings. The Morgan fingerprint density at radius 3 is 2.67 bits per heavy atom. The minimum atomic E-state index is -0.386. The molecule has 0 radical (unpaired) electrons. The molecule has 3 nitrogen and oxygen atoms in total. The third kappa shape index (κ3) is 2.71. The second kappa shape index (κ2) is 5.40. The second-order valence-electron chi connectivity index (χ2n) is 3.66. The molecule has 2 rings (SSSR count). The van der Waals surface area contributed by atoms with Crippen molar-refractivity contribution in [2.24, 2.45) is 0 Å². The smallest absolute Gasteiger partial charge is 0.338 e. The van der Waals surface area contributed by atoms with E-state index in [1.165, 1.54) is 18.3 Å². The quantitative estimate of drug-likeness (QED) is 0.780. The van der Waals surface area contributed by atoms with Crippen LogP contribution in [0.2, 0.25) is 0 Å². The number of esters is 1. The van der Waals surface area contributed by atoms with Crippen LogP contribution >= 0.6 is 0 Å². The lowest BCUT2D eigenvalue weighted by Crippen LogP contribution is -2.04. The highest BCUT2D eigenvalue weighted by Crippen LogP contribution is 2.18. The van der Waals surface area contributed by atoms with Gasteiger partial charge in [-0.3, -0.25) is 4.98 Å². The Morgan fingerprint density at radius 2 is 2.00 bits per heavy atom. The Hall–Kier alpha value is -2.23. The SMILES string of the molecule is CCOC(=O)c1ccnc(-c2ccc(F)cc2)c1. The average Bonchev–Trinajstić information content (AvgIpc) is 2.40. The first-order valence-electron chi connectivity index (χ1n) is 5.60. The van der Waals surface area contributed by atoms with E-state index < -0.39 is 0 Å². The summed E-state index contributed by atoms with van der Waals surface area (Å²) in [6.45, 7) is 2.08. The monoisotopic (exact) mass is 245 g/mol. The van der Waals surface area contributed by atoms with Gasteiger partial charge in [0.25, 0.3) is 0 Å². The first kappa shape index (κ1) is 12.2. The highest BCUT2D eigenvalue weighted by molar-refractivity contribution is 5.90. The maximum atomic E-state index is 12.8. The van der Waals surface area contributed by atoms with Gasteiger partial charge in [0.1, 0.15) is 5.82 Å². The molecule has 0 aliphatic carbocycles. The lowest BCUT2D eigenvalue weighted by molar-refractivity contribution is 0.0526. The predicted molar refractivity (Wildman–Crippen MR) is 65.6 cm³/mol. The summed E-state index contributed by atoms with van der Waals surface area (Å²) in [6.07, 6.45) is 1.53. The number of carbonyl (C=O) groups excluding carboxylic acids is 1. The van der Waals surface area contributed by atoms with Crippen molar-refractivity contribution in [1.82, 2.24) is 4.98 Å². The number of hydrogen-bond acceptors (Lipinski definition) is 3. The number of ether oxygens (including phenoxy) is 1. The largest absolute Gasteiger partial charge is 0.462 e. The van der Waals surface area contributed by atoms with Gasteiger partial charge in [-0.25, -0.2) is 9.18 Å². The van der Waals surface area contributed by atoms with Crippen LogP contribution in [0.1, 0.15) is 17.3 Å². The molecule has 0 amide bonds. The molecule has 0 aliphatic heterocycles. The summed E-state index contributed by atoms with van der Waals surface area (Å²) in [5.74, 6) is -0.691. The van der Waals surface area contributed by atoms with E-state index in [0.29, 0.717) is 17.9 Å². The topological polar surface area (TPSA) is 39.2 Å². The van der Waals surface area contributed by atoms with Crippen molar-refractivity contribution >= 4 is 5.97 Å². The van der Waals surface area contributed by atoms with Crippen LogP contribution in [0, 0.1) is 5.82 Å². The number of pyridine rings is 1. The van der Waals surface area contributed by atoms with Gasteiger partial charge in [-0.1, -0.05) is 0 Å². The molecular weight excluding hydrogens is 233 g/mol. The molecule has 0 unspecified atom stereocenters. The van der Waals surface area contributed by atoms with E-state index in [2.05, 4.69) is 4.98 Å². The molecule has 0 N–H and O–H groups in total.